The predicted octanol–water partition coefficient (Wildman–Crippen LogP) is 10.9. The average molecular weight is 1180 g/mol. The summed E-state index contributed by atoms with van der Waals surface area (Å²) >= 11 is 0. The highest BCUT2D eigenvalue weighted by Gasteiger charge is 2.19. The summed E-state index contributed by atoms with van der Waals surface area (Å²) in [5.74, 6) is 0.399. The first-order valence-corrected chi connectivity index (χ1v) is 29.7. The molecular formula is C70H81N9O8. The van der Waals surface area contributed by atoms with Gasteiger partial charge in [0.05, 0.1) is 55.8 Å². The molecule has 4 aromatic heterocycles. The Kier molecular flexibility index (Phi) is 25.9. The van der Waals surface area contributed by atoms with Gasteiger partial charge in [0.2, 0.25) is 11.8 Å². The van der Waals surface area contributed by atoms with Gasteiger partial charge in [-0.15, -0.1) is 0 Å². The zero-order chi connectivity index (χ0) is 60.7. The third-order valence-electron chi connectivity index (χ3n) is 13.7. The van der Waals surface area contributed by atoms with Crippen molar-refractivity contribution in [1.29, 1.82) is 0 Å². The van der Waals surface area contributed by atoms with Gasteiger partial charge in [0.1, 0.15) is 24.6 Å². The van der Waals surface area contributed by atoms with Gasteiger partial charge in [0, 0.05) is 90.2 Å². The van der Waals surface area contributed by atoms with E-state index in [4.69, 9.17) is 23.7 Å². The van der Waals surface area contributed by atoms with Crippen molar-refractivity contribution in [3.05, 3.63) is 245 Å². The van der Waals surface area contributed by atoms with E-state index in [0.717, 1.165) is 67.5 Å². The molecule has 454 valence electrons. The van der Waals surface area contributed by atoms with E-state index in [-0.39, 0.29) is 51.5 Å². The SMILES string of the molecule is CC(C)(C)OC(=O)NCc1ccc(CNC(=O)COCCOCCOCC(=O)N(CCCCOc2cc(CN(Cc3ccccn3)Cc3ccccn3)cc(CN(Cc3ccccn3)Cc3ccccn3)c2)Cc2ccc(-c3ccccc3)cc2)cc1. The van der Waals surface area contributed by atoms with Crippen molar-refractivity contribution < 1.29 is 38.1 Å². The molecule has 0 aliphatic rings. The minimum absolute atomic E-state index is 0.102. The van der Waals surface area contributed by atoms with Crippen LogP contribution in [-0.4, -0.2) is 111 Å². The minimum atomic E-state index is -0.570. The Balaban J connectivity index is 0.838. The van der Waals surface area contributed by atoms with Crippen LogP contribution in [0.2, 0.25) is 0 Å². The molecule has 87 heavy (non-hydrogen) atoms. The van der Waals surface area contributed by atoms with Gasteiger partial charge in [-0.1, -0.05) is 109 Å². The van der Waals surface area contributed by atoms with E-state index < -0.39 is 11.7 Å². The first-order valence-electron chi connectivity index (χ1n) is 29.7. The fourth-order valence-electron chi connectivity index (χ4n) is 9.54. The highest BCUT2D eigenvalue weighted by atomic mass is 16.6. The summed E-state index contributed by atoms with van der Waals surface area (Å²) in [7, 11) is 0. The maximum absolute atomic E-state index is 13.9. The lowest BCUT2D eigenvalue weighted by Gasteiger charge is -2.25. The molecular weight excluding hydrogens is 1090 g/mol. The van der Waals surface area contributed by atoms with Gasteiger partial charge < -0.3 is 39.2 Å². The summed E-state index contributed by atoms with van der Waals surface area (Å²) in [5.41, 5.74) is 10.6. The molecule has 4 aromatic carbocycles. The van der Waals surface area contributed by atoms with Gasteiger partial charge in [0.25, 0.3) is 0 Å². The Morgan fingerprint density at radius 1 is 0.437 bits per heavy atom. The fraction of sp³-hybridized carbons (Fsp3) is 0.329. The number of hydrogen-bond acceptors (Lipinski definition) is 14. The van der Waals surface area contributed by atoms with Crippen LogP contribution in [0.4, 0.5) is 4.79 Å². The molecule has 0 spiro atoms. The van der Waals surface area contributed by atoms with Crippen molar-refractivity contribution >= 4 is 17.9 Å². The van der Waals surface area contributed by atoms with Crippen molar-refractivity contribution in [2.45, 2.75) is 98.1 Å². The summed E-state index contributed by atoms with van der Waals surface area (Å²) in [6.45, 7) is 12.0. The number of rotatable bonds is 35. The first kappa shape index (κ1) is 64.3. The summed E-state index contributed by atoms with van der Waals surface area (Å²) in [5, 5.41) is 5.59. The number of hydrogen-bond donors (Lipinski definition) is 2. The number of ether oxygens (including phenoxy) is 5. The maximum Gasteiger partial charge on any atom is 0.407 e. The molecule has 0 saturated carbocycles. The van der Waals surface area contributed by atoms with Gasteiger partial charge in [-0.3, -0.25) is 39.3 Å². The largest absolute Gasteiger partial charge is 0.494 e. The van der Waals surface area contributed by atoms with Crippen molar-refractivity contribution in [1.82, 2.24) is 45.3 Å². The molecule has 2 N–H and O–H groups in total. The lowest BCUT2D eigenvalue weighted by Crippen LogP contribution is -2.35. The van der Waals surface area contributed by atoms with E-state index in [1.54, 1.807) is 0 Å². The minimum Gasteiger partial charge on any atom is -0.494 e. The summed E-state index contributed by atoms with van der Waals surface area (Å²) in [6, 6.07) is 56.7. The Morgan fingerprint density at radius 2 is 0.897 bits per heavy atom. The van der Waals surface area contributed by atoms with E-state index >= 15 is 0 Å². The number of carbonyl (C=O) groups excluding carboxylic acids is 3. The Bertz CT molecular complexity index is 3080. The summed E-state index contributed by atoms with van der Waals surface area (Å²) in [4.78, 5) is 63.6. The number of aromatic nitrogens is 4. The lowest BCUT2D eigenvalue weighted by atomic mass is 10.0. The quantitative estimate of drug-likeness (QED) is 0.0358. The monoisotopic (exact) mass is 1180 g/mol. The molecule has 0 unspecified atom stereocenters. The van der Waals surface area contributed by atoms with Crippen LogP contribution >= 0.6 is 0 Å². The second-order valence-electron chi connectivity index (χ2n) is 22.2. The molecule has 0 aliphatic heterocycles. The van der Waals surface area contributed by atoms with Crippen LogP contribution in [0.3, 0.4) is 0 Å². The van der Waals surface area contributed by atoms with Crippen molar-refractivity contribution in [2.75, 3.05) is 52.8 Å². The molecule has 0 saturated heterocycles. The Hall–Kier alpha value is -8.71. The van der Waals surface area contributed by atoms with Gasteiger partial charge in [-0.2, -0.15) is 0 Å². The summed E-state index contributed by atoms with van der Waals surface area (Å²) in [6.07, 6.45) is 8.26. The van der Waals surface area contributed by atoms with Crippen LogP contribution in [0.25, 0.3) is 11.1 Å². The van der Waals surface area contributed by atoms with E-state index in [1.165, 1.54) is 0 Å². The highest BCUT2D eigenvalue weighted by Crippen LogP contribution is 2.25. The molecule has 0 bridgehead atoms. The second-order valence-corrected chi connectivity index (χ2v) is 22.2. The van der Waals surface area contributed by atoms with E-state index in [0.29, 0.717) is 84.9 Å². The summed E-state index contributed by atoms with van der Waals surface area (Å²) < 4.78 is 29.1. The van der Waals surface area contributed by atoms with E-state index in [2.05, 4.69) is 119 Å². The molecule has 8 aromatic rings. The number of amides is 3. The molecule has 17 nitrogen and oxygen atoms in total. The standard InChI is InChI=1S/C70H81N9O8/c1-70(2,3)87-69(82)76-45-56-25-23-55(24-26-56)44-75-67(80)53-84-39-37-83-38-40-85-54-68(81)79(48-57-27-29-61(30-28-57)60-17-5-4-6-18-60)35-15-16-36-86-66-42-58(46-77(49-62-19-7-11-31-71-62)50-63-20-8-12-32-72-63)41-59(43-66)47-78(51-64-21-9-13-33-73-64)52-65-22-10-14-34-74-65/h4-14,17-34,41-43H,15-16,35-40,44-54H2,1-3H3,(H,75,80)(H,76,82). The first-order chi connectivity index (χ1) is 42.4. The van der Waals surface area contributed by atoms with Gasteiger partial charge in [0.15, 0.2) is 0 Å². The van der Waals surface area contributed by atoms with Crippen LogP contribution in [0.1, 0.15) is 84.2 Å². The van der Waals surface area contributed by atoms with Crippen molar-refractivity contribution in [3.8, 4) is 16.9 Å². The Morgan fingerprint density at radius 3 is 1.39 bits per heavy atom. The van der Waals surface area contributed by atoms with Gasteiger partial charge in [-0.05, 0) is 133 Å². The number of unbranched alkanes of at least 4 members (excludes halogenated alkanes) is 1. The van der Waals surface area contributed by atoms with Crippen LogP contribution in [0.15, 0.2) is 195 Å². The molecule has 17 heteroatoms. The predicted molar refractivity (Wildman–Crippen MR) is 335 cm³/mol. The lowest BCUT2D eigenvalue weighted by molar-refractivity contribution is -0.137. The van der Waals surface area contributed by atoms with Gasteiger partial charge in [-0.25, -0.2) is 4.79 Å². The molecule has 0 atom stereocenters. The van der Waals surface area contributed by atoms with Crippen molar-refractivity contribution in [3.63, 3.8) is 0 Å². The van der Waals surface area contributed by atoms with Crippen molar-refractivity contribution in [2.24, 2.45) is 0 Å². The molecule has 0 radical (unpaired) electrons. The third kappa shape index (κ3) is 24.3. The zero-order valence-corrected chi connectivity index (χ0v) is 50.3. The number of benzene rings is 4. The molecule has 3 amide bonds. The fourth-order valence-corrected chi connectivity index (χ4v) is 9.54. The molecule has 0 fully saturated rings. The normalized spacial score (nSPS) is 11.4. The zero-order valence-electron chi connectivity index (χ0n) is 50.3. The third-order valence-corrected chi connectivity index (χ3v) is 13.7. The van der Waals surface area contributed by atoms with Crippen LogP contribution in [0, 0.1) is 0 Å². The highest BCUT2D eigenvalue weighted by molar-refractivity contribution is 5.78. The number of alkyl carbamates (subject to hydrolysis) is 1. The number of nitrogens with one attached hydrogen (secondary N) is 2. The molecule has 8 rings (SSSR count). The molecule has 0 aliphatic carbocycles. The van der Waals surface area contributed by atoms with E-state index in [9.17, 15) is 14.4 Å². The van der Waals surface area contributed by atoms with Gasteiger partial charge >= 0.3 is 6.09 Å². The smallest absolute Gasteiger partial charge is 0.407 e. The van der Waals surface area contributed by atoms with Crippen LogP contribution in [0.5, 0.6) is 5.75 Å². The number of pyridine rings is 4. The molecule has 4 heterocycles. The average Bonchev–Trinajstić information content (AvgIpc) is 3.58. The number of carbonyl (C=O) groups is 3. The second kappa shape index (κ2) is 35.0. The Labute approximate surface area is 512 Å². The number of nitrogens with zero attached hydrogens (tertiary/aromatic N) is 7. The topological polar surface area (TPSA) is 183 Å². The van der Waals surface area contributed by atoms with Crippen LogP contribution in [-0.2, 0) is 87.4 Å². The van der Waals surface area contributed by atoms with E-state index in [1.807, 2.05) is 141 Å². The van der Waals surface area contributed by atoms with Crippen LogP contribution < -0.4 is 15.4 Å². The maximum atomic E-state index is 13.9.